The van der Waals surface area contributed by atoms with Gasteiger partial charge in [-0.05, 0) is 23.8 Å². The summed E-state index contributed by atoms with van der Waals surface area (Å²) in [7, 11) is 0. The molecule has 6 nitrogen and oxygen atoms in total. The molecule has 4 N–H and O–H groups in total. The Labute approximate surface area is 173 Å². The Bertz CT molecular complexity index is 865. The van der Waals surface area contributed by atoms with Crippen LogP contribution in [0.2, 0.25) is 0 Å². The van der Waals surface area contributed by atoms with Crippen LogP contribution in [0.15, 0.2) is 47.6 Å². The second-order valence-corrected chi connectivity index (χ2v) is 7.10. The molecule has 1 fully saturated rings. The molecule has 1 atom stereocenters. The van der Waals surface area contributed by atoms with Crippen molar-refractivity contribution in [3.05, 3.63) is 65.2 Å². The summed E-state index contributed by atoms with van der Waals surface area (Å²) in [5.74, 6) is -1.10. The zero-order valence-electron chi connectivity index (χ0n) is 15.8. The number of hydrazone groups is 1. The van der Waals surface area contributed by atoms with Gasteiger partial charge in [-0.2, -0.15) is 5.10 Å². The van der Waals surface area contributed by atoms with Gasteiger partial charge in [-0.1, -0.05) is 30.3 Å². The van der Waals surface area contributed by atoms with Crippen molar-refractivity contribution in [1.82, 2.24) is 10.7 Å². The molecule has 1 saturated heterocycles. The Kier molecular flexibility index (Phi) is 7.45. The topological polar surface area (TPSA) is 74.9 Å². The predicted molar refractivity (Wildman–Crippen MR) is 114 cm³/mol. The summed E-state index contributed by atoms with van der Waals surface area (Å²) in [4.78, 5) is 1.82. The van der Waals surface area contributed by atoms with Crippen molar-refractivity contribution >= 4 is 29.2 Å². The van der Waals surface area contributed by atoms with Crippen LogP contribution in [0.25, 0.3) is 0 Å². The van der Waals surface area contributed by atoms with Crippen LogP contribution in [-0.2, 0) is 11.3 Å². The third-order valence-corrected chi connectivity index (χ3v) is 4.56. The lowest BCUT2D eigenvalue weighted by atomic mass is 10.1. The molecule has 0 unspecified atom stereocenters. The third-order valence-electron chi connectivity index (χ3n) is 4.47. The summed E-state index contributed by atoms with van der Waals surface area (Å²) < 4.78 is 34.8. The Morgan fingerprint density at radius 1 is 1.31 bits per heavy atom. The number of rotatable bonds is 7. The number of piperazine rings is 1. The molecule has 2 aromatic carbocycles. The number of nitrogens with one attached hydrogen (secondary N) is 2. The lowest BCUT2D eigenvalue weighted by molar-refractivity contribution is 0.0971. The summed E-state index contributed by atoms with van der Waals surface area (Å²) in [6, 6.07) is 12.2. The molecule has 0 spiro atoms. The standard InChI is InChI=1S/C20H23F2N5OS/c21-17-9-19(18(22)8-15(17)10-25-26-20(23)29)27-7-6-24-16(11-27)13-28-12-14-4-2-1-3-5-14/h1-5,8-10,16,24H,6-7,11-13H2,(H3,23,26,29)/b25-10+/t16-/m1/s1. The number of nitrogens with zero attached hydrogens (tertiary/aromatic N) is 2. The molecule has 0 amide bonds. The van der Waals surface area contributed by atoms with Crippen LogP contribution in [0, 0.1) is 11.6 Å². The van der Waals surface area contributed by atoms with E-state index in [1.54, 1.807) is 0 Å². The molecule has 0 bridgehead atoms. The quantitative estimate of drug-likeness (QED) is 0.363. The predicted octanol–water partition coefficient (Wildman–Crippen LogP) is 2.13. The highest BCUT2D eigenvalue weighted by Gasteiger charge is 2.23. The molecule has 0 aromatic heterocycles. The third kappa shape index (κ3) is 6.18. The van der Waals surface area contributed by atoms with Gasteiger partial charge >= 0.3 is 0 Å². The minimum Gasteiger partial charge on any atom is -0.375 e. The fraction of sp³-hybridized carbons (Fsp3) is 0.300. The Balaban J connectivity index is 1.60. The van der Waals surface area contributed by atoms with Crippen molar-refractivity contribution in [1.29, 1.82) is 0 Å². The van der Waals surface area contributed by atoms with Gasteiger partial charge in [0, 0.05) is 37.3 Å². The second kappa shape index (κ2) is 10.2. The van der Waals surface area contributed by atoms with E-state index in [1.165, 1.54) is 6.07 Å². The van der Waals surface area contributed by atoms with Gasteiger partial charge in [0.1, 0.15) is 11.6 Å². The fourth-order valence-electron chi connectivity index (χ4n) is 3.11. The van der Waals surface area contributed by atoms with Gasteiger partial charge in [-0.15, -0.1) is 0 Å². The van der Waals surface area contributed by atoms with Crippen molar-refractivity contribution in [2.24, 2.45) is 10.8 Å². The van der Waals surface area contributed by atoms with Crippen molar-refractivity contribution in [2.75, 3.05) is 31.1 Å². The number of thiocarbonyl (C=S) groups is 1. The minimum atomic E-state index is -0.578. The lowest BCUT2D eigenvalue weighted by Crippen LogP contribution is -2.53. The van der Waals surface area contributed by atoms with Crippen molar-refractivity contribution in [3.63, 3.8) is 0 Å². The van der Waals surface area contributed by atoms with E-state index in [0.29, 0.717) is 32.8 Å². The molecule has 154 valence electrons. The van der Waals surface area contributed by atoms with E-state index in [9.17, 15) is 8.78 Å². The van der Waals surface area contributed by atoms with Crippen molar-refractivity contribution in [3.8, 4) is 0 Å². The molecule has 3 rings (SSSR count). The molecule has 1 heterocycles. The Morgan fingerprint density at radius 3 is 2.86 bits per heavy atom. The number of anilines is 1. The van der Waals surface area contributed by atoms with Gasteiger partial charge in [0.05, 0.1) is 25.1 Å². The maximum Gasteiger partial charge on any atom is 0.184 e. The number of hydrogen-bond acceptors (Lipinski definition) is 5. The van der Waals surface area contributed by atoms with Gasteiger partial charge in [0.25, 0.3) is 0 Å². The fourth-order valence-corrected chi connectivity index (χ4v) is 3.16. The first-order valence-corrected chi connectivity index (χ1v) is 9.61. The SMILES string of the molecule is NC(=S)N/N=C/c1cc(F)c(N2CCN[C@@H](COCc3ccccc3)C2)cc1F. The number of halogens is 2. The van der Waals surface area contributed by atoms with Gasteiger partial charge in [0.2, 0.25) is 0 Å². The average Bonchev–Trinajstić information content (AvgIpc) is 2.71. The van der Waals surface area contributed by atoms with E-state index in [4.69, 9.17) is 10.5 Å². The molecule has 0 saturated carbocycles. The molecule has 1 aliphatic heterocycles. The van der Waals surface area contributed by atoms with E-state index < -0.39 is 11.6 Å². The minimum absolute atomic E-state index is 0.00730. The first-order chi connectivity index (χ1) is 14.0. The summed E-state index contributed by atoms with van der Waals surface area (Å²) in [6.07, 6.45) is 1.14. The smallest absolute Gasteiger partial charge is 0.184 e. The maximum absolute atomic E-state index is 14.6. The van der Waals surface area contributed by atoms with Crippen LogP contribution in [-0.4, -0.2) is 43.6 Å². The molecule has 2 aromatic rings. The zero-order valence-corrected chi connectivity index (χ0v) is 16.6. The first-order valence-electron chi connectivity index (χ1n) is 9.20. The van der Waals surface area contributed by atoms with Crippen molar-refractivity contribution in [2.45, 2.75) is 12.6 Å². The number of nitrogens with two attached hydrogens (primary N) is 1. The summed E-state index contributed by atoms with van der Waals surface area (Å²) in [5.41, 5.74) is 8.87. The number of benzene rings is 2. The summed E-state index contributed by atoms with van der Waals surface area (Å²) >= 11 is 4.61. The van der Waals surface area contributed by atoms with E-state index in [0.717, 1.165) is 17.8 Å². The van der Waals surface area contributed by atoms with E-state index in [-0.39, 0.29) is 22.4 Å². The molecule has 1 aliphatic rings. The number of hydrogen-bond donors (Lipinski definition) is 3. The Hall–Kier alpha value is -2.62. The van der Waals surface area contributed by atoms with Crippen LogP contribution in [0.1, 0.15) is 11.1 Å². The molecule has 0 aliphatic carbocycles. The molecule has 9 heteroatoms. The molecular formula is C20H23F2N5OS. The summed E-state index contributed by atoms with van der Waals surface area (Å²) in [6.45, 7) is 2.73. The molecular weight excluding hydrogens is 396 g/mol. The van der Waals surface area contributed by atoms with Crippen molar-refractivity contribution < 1.29 is 13.5 Å². The van der Waals surface area contributed by atoms with Gasteiger partial charge in [-0.25, -0.2) is 8.78 Å². The average molecular weight is 420 g/mol. The van der Waals surface area contributed by atoms with E-state index in [2.05, 4.69) is 28.1 Å². The monoisotopic (exact) mass is 419 g/mol. The van der Waals surface area contributed by atoms with Crippen LogP contribution < -0.4 is 21.4 Å². The largest absolute Gasteiger partial charge is 0.375 e. The molecule has 29 heavy (non-hydrogen) atoms. The normalized spacial score (nSPS) is 16.9. The highest BCUT2D eigenvalue weighted by molar-refractivity contribution is 7.80. The van der Waals surface area contributed by atoms with Gasteiger partial charge in [-0.3, -0.25) is 5.43 Å². The first kappa shape index (κ1) is 21.1. The zero-order chi connectivity index (χ0) is 20.6. The van der Waals surface area contributed by atoms with Crippen LogP contribution in [0.5, 0.6) is 0 Å². The van der Waals surface area contributed by atoms with Crippen LogP contribution >= 0.6 is 12.2 Å². The highest BCUT2D eigenvalue weighted by atomic mass is 32.1. The van der Waals surface area contributed by atoms with Gasteiger partial charge in [0.15, 0.2) is 5.11 Å². The van der Waals surface area contributed by atoms with E-state index >= 15 is 0 Å². The Morgan fingerprint density at radius 2 is 2.10 bits per heavy atom. The molecule has 0 radical (unpaired) electrons. The van der Waals surface area contributed by atoms with Gasteiger partial charge < -0.3 is 20.7 Å². The van der Waals surface area contributed by atoms with Crippen LogP contribution in [0.3, 0.4) is 0 Å². The summed E-state index contributed by atoms with van der Waals surface area (Å²) in [5, 5.41) is 6.97. The highest BCUT2D eigenvalue weighted by Crippen LogP contribution is 2.24. The maximum atomic E-state index is 14.6. The van der Waals surface area contributed by atoms with Crippen LogP contribution in [0.4, 0.5) is 14.5 Å². The second-order valence-electron chi connectivity index (χ2n) is 6.66. The van der Waals surface area contributed by atoms with E-state index in [1.807, 2.05) is 35.2 Å². The number of ether oxygens (including phenoxy) is 1. The lowest BCUT2D eigenvalue weighted by Gasteiger charge is -2.35.